The summed E-state index contributed by atoms with van der Waals surface area (Å²) >= 11 is 0. The highest BCUT2D eigenvalue weighted by Crippen LogP contribution is 2.15. The summed E-state index contributed by atoms with van der Waals surface area (Å²) < 4.78 is 0. The third-order valence-electron chi connectivity index (χ3n) is 3.00. The lowest BCUT2D eigenvalue weighted by atomic mass is 9.98. The molecule has 21 heavy (non-hydrogen) atoms. The fourth-order valence-electron chi connectivity index (χ4n) is 2.04. The molecule has 4 nitrogen and oxygen atoms in total. The number of benzene rings is 2. The zero-order chi connectivity index (χ0) is 15.1. The first-order valence-electron chi connectivity index (χ1n) is 6.72. The zero-order valence-corrected chi connectivity index (χ0v) is 11.8. The minimum Gasteiger partial charge on any atom is -0.340 e. The summed E-state index contributed by atoms with van der Waals surface area (Å²) in [6.07, 6.45) is 0.883. The van der Waals surface area contributed by atoms with E-state index in [1.54, 1.807) is 0 Å². The van der Waals surface area contributed by atoms with Crippen LogP contribution >= 0.6 is 0 Å². The van der Waals surface area contributed by atoms with Gasteiger partial charge in [0, 0.05) is 6.92 Å². The summed E-state index contributed by atoms with van der Waals surface area (Å²) in [7, 11) is 0. The van der Waals surface area contributed by atoms with Crippen LogP contribution in [0, 0.1) is 0 Å². The van der Waals surface area contributed by atoms with E-state index in [9.17, 15) is 9.59 Å². The molecule has 0 fully saturated rings. The number of hydrogen-bond donors (Lipinski definition) is 1. The van der Waals surface area contributed by atoms with Gasteiger partial charge in [-0.25, -0.2) is 4.79 Å². The van der Waals surface area contributed by atoms with Crippen molar-refractivity contribution in [3.05, 3.63) is 71.3 Å². The lowest BCUT2D eigenvalue weighted by Gasteiger charge is -2.09. The molecule has 4 heteroatoms. The molecule has 2 aromatic carbocycles. The maximum Gasteiger partial charge on any atom is 0.336 e. The quantitative estimate of drug-likeness (QED) is 0.877. The summed E-state index contributed by atoms with van der Waals surface area (Å²) in [6.45, 7) is 1.29. The fraction of sp³-hybridized carbons (Fsp3) is 0.176. The standard InChI is InChI=1S/C17H17NO3/c1-13(19)18-21-17(20)12-16-10-6-5-9-15(16)11-14-7-3-2-4-8-14/h2-10H,11-12H2,1H3,(H,18,19). The number of rotatable bonds is 4. The first kappa shape index (κ1) is 14.8. The molecule has 0 aliphatic rings. The van der Waals surface area contributed by atoms with E-state index >= 15 is 0 Å². The summed E-state index contributed by atoms with van der Waals surface area (Å²) in [5, 5.41) is 0. The van der Waals surface area contributed by atoms with E-state index in [0.29, 0.717) is 0 Å². The predicted octanol–water partition coefficient (Wildman–Crippen LogP) is 2.41. The van der Waals surface area contributed by atoms with Gasteiger partial charge in [-0.1, -0.05) is 54.6 Å². The predicted molar refractivity (Wildman–Crippen MR) is 79.3 cm³/mol. The first-order valence-corrected chi connectivity index (χ1v) is 6.72. The Kier molecular flexibility index (Phi) is 5.10. The Balaban J connectivity index is 2.06. The molecule has 1 N–H and O–H groups in total. The van der Waals surface area contributed by atoms with Gasteiger partial charge in [0.05, 0.1) is 6.42 Å². The van der Waals surface area contributed by atoms with Crippen LogP contribution in [0.5, 0.6) is 0 Å². The molecule has 108 valence electrons. The number of amides is 1. The molecule has 0 saturated heterocycles. The van der Waals surface area contributed by atoms with Crippen molar-refractivity contribution in [1.82, 2.24) is 5.48 Å². The van der Waals surface area contributed by atoms with E-state index in [1.807, 2.05) is 60.1 Å². The van der Waals surface area contributed by atoms with Gasteiger partial charge in [0.15, 0.2) is 0 Å². The van der Waals surface area contributed by atoms with Gasteiger partial charge in [-0.15, -0.1) is 0 Å². The van der Waals surface area contributed by atoms with Crippen LogP contribution in [0.1, 0.15) is 23.6 Å². The average Bonchev–Trinajstić information content (AvgIpc) is 2.48. The largest absolute Gasteiger partial charge is 0.340 e. The highest BCUT2D eigenvalue weighted by Gasteiger charge is 2.10. The topological polar surface area (TPSA) is 55.4 Å². The van der Waals surface area contributed by atoms with Gasteiger partial charge in [-0.3, -0.25) is 4.79 Å². The molecule has 0 aliphatic heterocycles. The molecule has 0 bridgehead atoms. The van der Waals surface area contributed by atoms with Crippen LogP contribution in [0.15, 0.2) is 54.6 Å². The van der Waals surface area contributed by atoms with E-state index in [2.05, 4.69) is 4.84 Å². The SMILES string of the molecule is CC(=O)NOC(=O)Cc1ccccc1Cc1ccccc1. The van der Waals surface area contributed by atoms with Crippen LogP contribution in [0.25, 0.3) is 0 Å². The smallest absolute Gasteiger partial charge is 0.336 e. The van der Waals surface area contributed by atoms with Gasteiger partial charge in [0.25, 0.3) is 0 Å². The molecule has 0 heterocycles. The van der Waals surface area contributed by atoms with Crippen molar-refractivity contribution in [3.63, 3.8) is 0 Å². The second kappa shape index (κ2) is 7.24. The van der Waals surface area contributed by atoms with Crippen molar-refractivity contribution in [1.29, 1.82) is 0 Å². The number of hydrogen-bond acceptors (Lipinski definition) is 3. The minimum absolute atomic E-state index is 0.128. The molecule has 2 rings (SSSR count). The van der Waals surface area contributed by atoms with Crippen LogP contribution in [-0.2, 0) is 27.3 Å². The van der Waals surface area contributed by atoms with Crippen LogP contribution < -0.4 is 5.48 Å². The first-order chi connectivity index (χ1) is 10.1. The lowest BCUT2D eigenvalue weighted by molar-refractivity contribution is -0.156. The third-order valence-corrected chi connectivity index (χ3v) is 3.00. The summed E-state index contributed by atoms with van der Waals surface area (Å²) in [6, 6.07) is 17.8. The Morgan fingerprint density at radius 2 is 1.57 bits per heavy atom. The normalized spacial score (nSPS) is 9.95. The van der Waals surface area contributed by atoms with Crippen molar-refractivity contribution < 1.29 is 14.4 Å². The van der Waals surface area contributed by atoms with Gasteiger partial charge >= 0.3 is 5.97 Å². The van der Waals surface area contributed by atoms with Gasteiger partial charge in [0.2, 0.25) is 5.91 Å². The van der Waals surface area contributed by atoms with E-state index < -0.39 is 11.9 Å². The number of carbonyl (C=O) groups excluding carboxylic acids is 2. The van der Waals surface area contributed by atoms with E-state index in [4.69, 9.17) is 0 Å². The molecule has 1 amide bonds. The van der Waals surface area contributed by atoms with Crippen molar-refractivity contribution >= 4 is 11.9 Å². The monoisotopic (exact) mass is 283 g/mol. The van der Waals surface area contributed by atoms with Crippen LogP contribution in [0.3, 0.4) is 0 Å². The van der Waals surface area contributed by atoms with Crippen LogP contribution in [-0.4, -0.2) is 11.9 Å². The lowest BCUT2D eigenvalue weighted by Crippen LogP contribution is -2.25. The Labute approximate surface area is 123 Å². The molecular weight excluding hydrogens is 266 g/mol. The van der Waals surface area contributed by atoms with E-state index in [1.165, 1.54) is 12.5 Å². The number of nitrogens with one attached hydrogen (secondary N) is 1. The highest BCUT2D eigenvalue weighted by atomic mass is 16.7. The Hall–Kier alpha value is -2.62. The second-order valence-corrected chi connectivity index (χ2v) is 4.74. The van der Waals surface area contributed by atoms with E-state index in [0.717, 1.165) is 17.5 Å². The molecule has 0 unspecified atom stereocenters. The van der Waals surface area contributed by atoms with Crippen LogP contribution in [0.2, 0.25) is 0 Å². The zero-order valence-electron chi connectivity index (χ0n) is 11.8. The number of carbonyl (C=O) groups is 2. The summed E-state index contributed by atoms with van der Waals surface area (Å²) in [4.78, 5) is 27.1. The van der Waals surface area contributed by atoms with Crippen molar-refractivity contribution in [2.75, 3.05) is 0 Å². The molecule has 0 saturated carbocycles. The van der Waals surface area contributed by atoms with Crippen molar-refractivity contribution in [2.45, 2.75) is 19.8 Å². The molecule has 0 atom stereocenters. The van der Waals surface area contributed by atoms with Crippen LogP contribution in [0.4, 0.5) is 0 Å². The third kappa shape index (κ3) is 4.76. The van der Waals surface area contributed by atoms with Crippen molar-refractivity contribution in [3.8, 4) is 0 Å². The summed E-state index contributed by atoms with van der Waals surface area (Å²) in [5.41, 5.74) is 5.20. The Morgan fingerprint density at radius 3 is 2.24 bits per heavy atom. The molecule has 2 aromatic rings. The Morgan fingerprint density at radius 1 is 0.952 bits per heavy atom. The second-order valence-electron chi connectivity index (χ2n) is 4.74. The van der Waals surface area contributed by atoms with Gasteiger partial charge in [0.1, 0.15) is 0 Å². The maximum absolute atomic E-state index is 11.7. The van der Waals surface area contributed by atoms with Crippen molar-refractivity contribution in [2.24, 2.45) is 0 Å². The Bertz CT molecular complexity index is 623. The molecule has 0 aliphatic carbocycles. The molecule has 0 aromatic heterocycles. The van der Waals surface area contributed by atoms with E-state index in [-0.39, 0.29) is 6.42 Å². The van der Waals surface area contributed by atoms with Gasteiger partial charge < -0.3 is 4.84 Å². The van der Waals surface area contributed by atoms with Gasteiger partial charge in [-0.05, 0) is 23.1 Å². The van der Waals surface area contributed by atoms with Gasteiger partial charge in [-0.2, -0.15) is 5.48 Å². The molecular formula is C17H17NO3. The summed E-state index contributed by atoms with van der Waals surface area (Å²) in [5.74, 6) is -0.883. The average molecular weight is 283 g/mol. The maximum atomic E-state index is 11.7. The number of hydroxylamine groups is 1. The highest BCUT2D eigenvalue weighted by molar-refractivity contribution is 5.77. The minimum atomic E-state index is -0.481. The fourth-order valence-corrected chi connectivity index (χ4v) is 2.04. The molecule has 0 radical (unpaired) electrons. The molecule has 0 spiro atoms.